The van der Waals surface area contributed by atoms with E-state index in [4.69, 9.17) is 9.47 Å². The minimum atomic E-state index is -0.339. The molecule has 1 amide bonds. The first-order chi connectivity index (χ1) is 14.6. The topological polar surface area (TPSA) is 57.6 Å². The van der Waals surface area contributed by atoms with Crippen LogP contribution in [0.1, 0.15) is 18.5 Å². The lowest BCUT2D eigenvalue weighted by Gasteiger charge is -2.40. The maximum atomic E-state index is 13.6. The highest BCUT2D eigenvalue weighted by Crippen LogP contribution is 2.41. The molecule has 0 bridgehead atoms. The Morgan fingerprint density at radius 3 is 2.50 bits per heavy atom. The zero-order valence-corrected chi connectivity index (χ0v) is 17.3. The van der Waals surface area contributed by atoms with E-state index < -0.39 is 0 Å². The van der Waals surface area contributed by atoms with Crippen LogP contribution in [0.3, 0.4) is 0 Å². The van der Waals surface area contributed by atoms with Crippen molar-refractivity contribution in [1.82, 2.24) is 9.80 Å². The molecule has 0 saturated carbocycles. The van der Waals surface area contributed by atoms with Crippen molar-refractivity contribution in [3.05, 3.63) is 54.1 Å². The van der Waals surface area contributed by atoms with Crippen LogP contribution < -0.4 is 14.5 Å². The Hall–Kier alpha value is -2.90. The van der Waals surface area contributed by atoms with Gasteiger partial charge in [0.2, 0.25) is 6.79 Å². The predicted molar refractivity (Wildman–Crippen MR) is 115 cm³/mol. The fourth-order valence-corrected chi connectivity index (χ4v) is 4.51. The number of hydrogen-bond acceptors (Lipinski definition) is 6. The number of nitrogens with zero attached hydrogens (tertiary/aromatic N) is 4. The Morgan fingerprint density at radius 1 is 1.00 bits per heavy atom. The molecule has 1 fully saturated rings. The van der Waals surface area contributed by atoms with Crippen LogP contribution in [0.25, 0.3) is 0 Å². The molecule has 7 nitrogen and oxygen atoms in total. The molecule has 2 aromatic rings. The quantitative estimate of drug-likeness (QED) is 0.782. The molecule has 7 heteroatoms. The van der Waals surface area contributed by atoms with E-state index in [0.717, 1.165) is 54.6 Å². The lowest BCUT2D eigenvalue weighted by molar-refractivity contribution is -0.121. The number of benzene rings is 2. The van der Waals surface area contributed by atoms with E-state index in [1.165, 1.54) is 0 Å². The summed E-state index contributed by atoms with van der Waals surface area (Å²) in [5, 5.41) is 6.21. The van der Waals surface area contributed by atoms with Gasteiger partial charge >= 0.3 is 0 Å². The predicted octanol–water partition coefficient (Wildman–Crippen LogP) is 2.74. The summed E-state index contributed by atoms with van der Waals surface area (Å²) in [5.41, 5.74) is 2.70. The van der Waals surface area contributed by atoms with Gasteiger partial charge < -0.3 is 14.4 Å². The molecular formula is C23H26N4O3. The minimum Gasteiger partial charge on any atom is -0.454 e. The van der Waals surface area contributed by atoms with Crippen LogP contribution >= 0.6 is 0 Å². The van der Waals surface area contributed by atoms with Crippen molar-refractivity contribution >= 4 is 17.3 Å². The summed E-state index contributed by atoms with van der Waals surface area (Å²) in [6, 6.07) is 15.6. The zero-order chi connectivity index (χ0) is 20.7. The van der Waals surface area contributed by atoms with E-state index in [1.54, 1.807) is 5.01 Å². The lowest BCUT2D eigenvalue weighted by Crippen LogP contribution is -2.49. The van der Waals surface area contributed by atoms with Crippen molar-refractivity contribution in [3.63, 3.8) is 0 Å². The highest BCUT2D eigenvalue weighted by Gasteiger charge is 2.44. The largest absolute Gasteiger partial charge is 0.454 e. The molecule has 0 aromatic heterocycles. The first-order valence-corrected chi connectivity index (χ1v) is 10.4. The van der Waals surface area contributed by atoms with E-state index in [-0.39, 0.29) is 24.7 Å². The van der Waals surface area contributed by atoms with Crippen LogP contribution in [0.5, 0.6) is 11.5 Å². The standard InChI is InChI=1S/C23H26N4O3/c1-16-21(23(28)27(24-16)18-6-4-3-5-7-18)22(26-12-10-25(2)11-13-26)17-8-9-19-20(14-17)30-15-29-19/h3-9,14,21-22H,10-13,15H2,1-2H3/t21-,22+/m1/s1. The number of fused-ring (bicyclic) bond motifs is 1. The van der Waals surface area contributed by atoms with Gasteiger partial charge in [-0.2, -0.15) is 5.10 Å². The van der Waals surface area contributed by atoms with Crippen molar-refractivity contribution in [1.29, 1.82) is 0 Å². The van der Waals surface area contributed by atoms with Crippen molar-refractivity contribution < 1.29 is 14.3 Å². The Morgan fingerprint density at radius 2 is 1.73 bits per heavy atom. The van der Waals surface area contributed by atoms with Crippen molar-refractivity contribution in [2.75, 3.05) is 45.0 Å². The molecule has 0 N–H and O–H groups in total. The number of rotatable bonds is 4. The van der Waals surface area contributed by atoms with Crippen molar-refractivity contribution in [2.45, 2.75) is 13.0 Å². The van der Waals surface area contributed by atoms with Crippen LogP contribution in [0.15, 0.2) is 53.6 Å². The number of carbonyl (C=O) groups is 1. The van der Waals surface area contributed by atoms with E-state index >= 15 is 0 Å². The molecule has 0 spiro atoms. The molecular weight excluding hydrogens is 380 g/mol. The monoisotopic (exact) mass is 406 g/mol. The third-order valence-corrected chi connectivity index (χ3v) is 6.17. The Labute approximate surface area is 176 Å². The number of para-hydroxylation sites is 1. The van der Waals surface area contributed by atoms with Crippen LogP contribution in [0.4, 0.5) is 5.69 Å². The fraction of sp³-hybridized carbons (Fsp3) is 0.391. The van der Waals surface area contributed by atoms with E-state index in [0.29, 0.717) is 0 Å². The van der Waals surface area contributed by atoms with Gasteiger partial charge in [-0.05, 0) is 43.8 Å². The van der Waals surface area contributed by atoms with Gasteiger partial charge in [0.1, 0.15) is 0 Å². The molecule has 3 heterocycles. The second kappa shape index (κ2) is 7.74. The molecule has 3 aliphatic heterocycles. The fourth-order valence-electron chi connectivity index (χ4n) is 4.51. The third kappa shape index (κ3) is 3.34. The third-order valence-electron chi connectivity index (χ3n) is 6.17. The van der Waals surface area contributed by atoms with Crippen LogP contribution in [-0.4, -0.2) is 61.4 Å². The number of hydrogen-bond donors (Lipinski definition) is 0. The second-order valence-corrected chi connectivity index (χ2v) is 8.10. The molecule has 156 valence electrons. The highest BCUT2D eigenvalue weighted by molar-refractivity contribution is 6.15. The maximum Gasteiger partial charge on any atom is 0.258 e. The molecule has 1 saturated heterocycles. The number of amides is 1. The van der Waals surface area contributed by atoms with Gasteiger partial charge in [0.25, 0.3) is 5.91 Å². The van der Waals surface area contributed by atoms with Crippen LogP contribution in [-0.2, 0) is 4.79 Å². The van der Waals surface area contributed by atoms with Crippen LogP contribution in [0, 0.1) is 5.92 Å². The van der Waals surface area contributed by atoms with Gasteiger partial charge in [-0.3, -0.25) is 9.69 Å². The number of likely N-dealkylation sites (N-methyl/N-ethyl adjacent to an activating group) is 1. The molecule has 3 aliphatic rings. The van der Waals surface area contributed by atoms with Gasteiger partial charge in [0.15, 0.2) is 11.5 Å². The number of carbonyl (C=O) groups excluding carboxylic acids is 1. The number of ether oxygens (including phenoxy) is 2. The maximum absolute atomic E-state index is 13.6. The molecule has 0 aliphatic carbocycles. The van der Waals surface area contributed by atoms with Crippen molar-refractivity contribution in [2.24, 2.45) is 11.0 Å². The summed E-state index contributed by atoms with van der Waals surface area (Å²) in [7, 11) is 2.14. The van der Waals surface area contributed by atoms with Crippen molar-refractivity contribution in [3.8, 4) is 11.5 Å². The summed E-state index contributed by atoms with van der Waals surface area (Å²) >= 11 is 0. The summed E-state index contributed by atoms with van der Waals surface area (Å²) < 4.78 is 11.1. The van der Waals surface area contributed by atoms with E-state index in [1.807, 2.05) is 49.4 Å². The van der Waals surface area contributed by atoms with Gasteiger partial charge in [0.05, 0.1) is 23.4 Å². The zero-order valence-electron chi connectivity index (χ0n) is 17.3. The summed E-state index contributed by atoms with van der Waals surface area (Å²) in [5.74, 6) is 1.17. The smallest absolute Gasteiger partial charge is 0.258 e. The first kappa shape index (κ1) is 19.1. The number of hydrazone groups is 1. The Balaban J connectivity index is 1.52. The lowest BCUT2D eigenvalue weighted by atomic mass is 9.87. The van der Waals surface area contributed by atoms with E-state index in [9.17, 15) is 4.79 Å². The summed E-state index contributed by atoms with van der Waals surface area (Å²) in [6.45, 7) is 5.95. The second-order valence-electron chi connectivity index (χ2n) is 8.10. The van der Waals surface area contributed by atoms with Gasteiger partial charge in [-0.1, -0.05) is 24.3 Å². The van der Waals surface area contributed by atoms with E-state index in [2.05, 4.69) is 28.0 Å². The first-order valence-electron chi connectivity index (χ1n) is 10.4. The molecule has 30 heavy (non-hydrogen) atoms. The minimum absolute atomic E-state index is 0.0142. The molecule has 0 unspecified atom stereocenters. The normalized spacial score (nSPS) is 23.0. The molecule has 2 atom stereocenters. The van der Waals surface area contributed by atoms with Gasteiger partial charge in [-0.15, -0.1) is 0 Å². The highest BCUT2D eigenvalue weighted by atomic mass is 16.7. The Kier molecular flexibility index (Phi) is 4.92. The number of anilines is 1. The Bertz CT molecular complexity index is 970. The van der Waals surface area contributed by atoms with Crippen LogP contribution in [0.2, 0.25) is 0 Å². The number of piperazine rings is 1. The average molecular weight is 406 g/mol. The van der Waals surface area contributed by atoms with Gasteiger partial charge in [-0.25, -0.2) is 5.01 Å². The molecule has 2 aromatic carbocycles. The summed E-state index contributed by atoms with van der Waals surface area (Å²) in [6.07, 6.45) is 0. The molecule has 5 rings (SSSR count). The summed E-state index contributed by atoms with van der Waals surface area (Å²) in [4.78, 5) is 18.3. The average Bonchev–Trinajstić information content (AvgIpc) is 3.35. The van der Waals surface area contributed by atoms with Gasteiger partial charge in [0, 0.05) is 26.2 Å². The SMILES string of the molecule is CC1=NN(c2ccccc2)C(=O)[C@H]1[C@H](c1ccc2c(c1)OCO2)N1CCN(C)CC1. The molecule has 0 radical (unpaired) electrons.